The lowest BCUT2D eigenvalue weighted by molar-refractivity contribution is -0.116. The SMILES string of the molecule is Cc1ccc2c(cnn2CCC(=O)Nc2ccc(Br)cc2)c1. The van der Waals surface area contributed by atoms with Gasteiger partial charge in [-0.3, -0.25) is 9.48 Å². The molecule has 3 aromatic rings. The topological polar surface area (TPSA) is 46.9 Å². The van der Waals surface area contributed by atoms with Gasteiger partial charge in [-0.15, -0.1) is 0 Å². The van der Waals surface area contributed by atoms with Crippen molar-refractivity contribution in [1.29, 1.82) is 0 Å². The van der Waals surface area contributed by atoms with Crippen molar-refractivity contribution in [2.24, 2.45) is 0 Å². The van der Waals surface area contributed by atoms with E-state index in [4.69, 9.17) is 0 Å². The maximum atomic E-state index is 12.0. The van der Waals surface area contributed by atoms with E-state index in [1.54, 1.807) is 0 Å². The molecule has 0 unspecified atom stereocenters. The van der Waals surface area contributed by atoms with Gasteiger partial charge >= 0.3 is 0 Å². The molecule has 0 saturated heterocycles. The Balaban J connectivity index is 1.63. The van der Waals surface area contributed by atoms with Crippen molar-refractivity contribution in [3.05, 3.63) is 58.7 Å². The number of amides is 1. The van der Waals surface area contributed by atoms with Crippen LogP contribution in [0.2, 0.25) is 0 Å². The fourth-order valence-corrected chi connectivity index (χ4v) is 2.61. The van der Waals surface area contributed by atoms with Gasteiger partial charge in [-0.05, 0) is 43.3 Å². The molecule has 112 valence electrons. The van der Waals surface area contributed by atoms with Crippen LogP contribution in [0.25, 0.3) is 10.9 Å². The summed E-state index contributed by atoms with van der Waals surface area (Å²) in [6.07, 6.45) is 2.23. The van der Waals surface area contributed by atoms with Gasteiger partial charge in [0.05, 0.1) is 18.3 Å². The van der Waals surface area contributed by atoms with E-state index >= 15 is 0 Å². The number of halogens is 1. The molecule has 0 radical (unpaired) electrons. The second kappa shape index (κ2) is 6.32. The Kier molecular flexibility index (Phi) is 4.24. The quantitative estimate of drug-likeness (QED) is 0.762. The zero-order valence-electron chi connectivity index (χ0n) is 12.2. The number of aryl methyl sites for hydroxylation is 2. The second-order valence-electron chi connectivity index (χ2n) is 5.24. The van der Waals surface area contributed by atoms with Gasteiger partial charge in [-0.2, -0.15) is 5.10 Å². The number of nitrogens with one attached hydrogen (secondary N) is 1. The molecule has 22 heavy (non-hydrogen) atoms. The van der Waals surface area contributed by atoms with Crippen LogP contribution in [0, 0.1) is 6.92 Å². The summed E-state index contributed by atoms with van der Waals surface area (Å²) in [4.78, 5) is 12.0. The summed E-state index contributed by atoms with van der Waals surface area (Å²) < 4.78 is 2.86. The number of nitrogens with zero attached hydrogens (tertiary/aromatic N) is 2. The van der Waals surface area contributed by atoms with Crippen LogP contribution in [-0.4, -0.2) is 15.7 Å². The smallest absolute Gasteiger partial charge is 0.226 e. The second-order valence-corrected chi connectivity index (χ2v) is 6.15. The van der Waals surface area contributed by atoms with Crippen molar-refractivity contribution in [2.45, 2.75) is 19.9 Å². The van der Waals surface area contributed by atoms with Gasteiger partial charge in [0.1, 0.15) is 0 Å². The van der Waals surface area contributed by atoms with Crippen molar-refractivity contribution in [3.63, 3.8) is 0 Å². The van der Waals surface area contributed by atoms with E-state index in [1.165, 1.54) is 5.56 Å². The third-order valence-electron chi connectivity index (χ3n) is 3.48. The predicted molar refractivity (Wildman–Crippen MR) is 91.9 cm³/mol. The maximum absolute atomic E-state index is 12.0. The van der Waals surface area contributed by atoms with Gasteiger partial charge in [0.25, 0.3) is 0 Å². The lowest BCUT2D eigenvalue weighted by Crippen LogP contribution is -2.14. The van der Waals surface area contributed by atoms with Crippen molar-refractivity contribution in [1.82, 2.24) is 9.78 Å². The molecule has 5 heteroatoms. The predicted octanol–water partition coefficient (Wildman–Crippen LogP) is 4.14. The Bertz CT molecular complexity index is 808. The molecule has 0 bridgehead atoms. The maximum Gasteiger partial charge on any atom is 0.226 e. The number of hydrogen-bond acceptors (Lipinski definition) is 2. The number of benzene rings is 2. The van der Waals surface area contributed by atoms with Crippen LogP contribution >= 0.6 is 15.9 Å². The number of fused-ring (bicyclic) bond motifs is 1. The molecule has 0 aliphatic carbocycles. The Morgan fingerprint density at radius 1 is 1.23 bits per heavy atom. The third-order valence-corrected chi connectivity index (χ3v) is 4.00. The fraction of sp³-hybridized carbons (Fsp3) is 0.176. The monoisotopic (exact) mass is 357 g/mol. The average molecular weight is 358 g/mol. The summed E-state index contributed by atoms with van der Waals surface area (Å²) in [5.74, 6) is -0.0157. The number of hydrogen-bond donors (Lipinski definition) is 1. The lowest BCUT2D eigenvalue weighted by atomic mass is 10.2. The van der Waals surface area contributed by atoms with Crippen molar-refractivity contribution in [3.8, 4) is 0 Å². The molecule has 2 aromatic carbocycles. The molecule has 1 N–H and O–H groups in total. The molecular weight excluding hydrogens is 342 g/mol. The van der Waals surface area contributed by atoms with Gasteiger partial charge in [-0.1, -0.05) is 27.6 Å². The number of anilines is 1. The van der Waals surface area contributed by atoms with E-state index in [9.17, 15) is 4.79 Å². The number of rotatable bonds is 4. The van der Waals surface area contributed by atoms with E-state index in [0.29, 0.717) is 13.0 Å². The third kappa shape index (κ3) is 3.36. The van der Waals surface area contributed by atoms with Crippen molar-refractivity contribution < 1.29 is 4.79 Å². The standard InChI is InChI=1S/C17H16BrN3O/c1-12-2-7-16-13(10-12)11-19-21(16)9-8-17(22)20-15-5-3-14(18)4-6-15/h2-7,10-11H,8-9H2,1H3,(H,20,22). The minimum Gasteiger partial charge on any atom is -0.326 e. The summed E-state index contributed by atoms with van der Waals surface area (Å²) in [7, 11) is 0. The minimum atomic E-state index is -0.0157. The van der Waals surface area contributed by atoms with E-state index in [-0.39, 0.29) is 5.91 Å². The van der Waals surface area contributed by atoms with E-state index in [1.807, 2.05) is 41.2 Å². The molecule has 3 rings (SSSR count). The molecule has 1 amide bonds. The molecular formula is C17H16BrN3O. The van der Waals surface area contributed by atoms with Crippen LogP contribution in [0.15, 0.2) is 53.1 Å². The Labute approximate surface area is 137 Å². The zero-order chi connectivity index (χ0) is 15.5. The van der Waals surface area contributed by atoms with Gasteiger partial charge in [-0.25, -0.2) is 0 Å². The Morgan fingerprint density at radius 3 is 2.77 bits per heavy atom. The van der Waals surface area contributed by atoms with E-state index in [0.717, 1.165) is 21.1 Å². The fourth-order valence-electron chi connectivity index (χ4n) is 2.35. The summed E-state index contributed by atoms with van der Waals surface area (Å²) in [6, 6.07) is 13.7. The Hall–Kier alpha value is -2.14. The lowest BCUT2D eigenvalue weighted by Gasteiger charge is -2.06. The van der Waals surface area contributed by atoms with Crippen LogP contribution in [0.3, 0.4) is 0 Å². The van der Waals surface area contributed by atoms with Crippen molar-refractivity contribution >= 4 is 38.4 Å². The first-order chi connectivity index (χ1) is 10.6. The Morgan fingerprint density at radius 2 is 2.00 bits per heavy atom. The first kappa shape index (κ1) is 14.8. The van der Waals surface area contributed by atoms with E-state index < -0.39 is 0 Å². The molecule has 0 fully saturated rings. The first-order valence-corrected chi connectivity index (χ1v) is 7.89. The molecule has 1 aromatic heterocycles. The largest absolute Gasteiger partial charge is 0.326 e. The molecule has 4 nitrogen and oxygen atoms in total. The first-order valence-electron chi connectivity index (χ1n) is 7.09. The van der Waals surface area contributed by atoms with Gasteiger partial charge < -0.3 is 5.32 Å². The van der Waals surface area contributed by atoms with Crippen LogP contribution in [-0.2, 0) is 11.3 Å². The van der Waals surface area contributed by atoms with Gasteiger partial charge in [0, 0.05) is 22.0 Å². The number of carbonyl (C=O) groups is 1. The summed E-state index contributed by atoms with van der Waals surface area (Å²) >= 11 is 3.37. The summed E-state index contributed by atoms with van der Waals surface area (Å²) in [5, 5.41) is 8.35. The van der Waals surface area contributed by atoms with Crippen LogP contribution in [0.5, 0.6) is 0 Å². The van der Waals surface area contributed by atoms with Crippen molar-refractivity contribution in [2.75, 3.05) is 5.32 Å². The summed E-state index contributed by atoms with van der Waals surface area (Å²) in [5.41, 5.74) is 3.07. The highest BCUT2D eigenvalue weighted by Crippen LogP contribution is 2.16. The molecule has 0 aliphatic rings. The van der Waals surface area contributed by atoms with Crippen LogP contribution in [0.1, 0.15) is 12.0 Å². The highest BCUT2D eigenvalue weighted by atomic mass is 79.9. The molecule has 0 atom stereocenters. The number of carbonyl (C=O) groups excluding carboxylic acids is 1. The van der Waals surface area contributed by atoms with Crippen LogP contribution in [0.4, 0.5) is 5.69 Å². The molecule has 0 spiro atoms. The summed E-state index contributed by atoms with van der Waals surface area (Å²) in [6.45, 7) is 2.62. The van der Waals surface area contributed by atoms with Gasteiger partial charge in [0.15, 0.2) is 0 Å². The average Bonchev–Trinajstić information content (AvgIpc) is 2.89. The number of aromatic nitrogens is 2. The molecule has 0 aliphatic heterocycles. The molecule has 1 heterocycles. The highest BCUT2D eigenvalue weighted by Gasteiger charge is 2.06. The normalized spacial score (nSPS) is 10.8. The molecule has 0 saturated carbocycles. The minimum absolute atomic E-state index is 0.0157. The zero-order valence-corrected chi connectivity index (χ0v) is 13.8. The van der Waals surface area contributed by atoms with Gasteiger partial charge in [0.2, 0.25) is 5.91 Å². The van der Waals surface area contributed by atoms with E-state index in [2.05, 4.69) is 45.4 Å². The van der Waals surface area contributed by atoms with Crippen LogP contribution < -0.4 is 5.32 Å². The highest BCUT2D eigenvalue weighted by molar-refractivity contribution is 9.10.